The number of nitrogens with one attached hydrogen (secondary N) is 2. The molecule has 10 heteroatoms. The van der Waals surface area contributed by atoms with Gasteiger partial charge in [0.15, 0.2) is 0 Å². The Kier molecular flexibility index (Phi) is 9.09. The molecule has 2 aromatic rings. The lowest BCUT2D eigenvalue weighted by molar-refractivity contribution is -0.140. The van der Waals surface area contributed by atoms with E-state index in [0.29, 0.717) is 43.9 Å². The second kappa shape index (κ2) is 12.5. The van der Waals surface area contributed by atoms with Crippen molar-refractivity contribution >= 4 is 34.5 Å². The minimum Gasteiger partial charge on any atom is -0.480 e. The maximum Gasteiger partial charge on any atom is 0.320 e. The molecule has 1 saturated heterocycles. The number of amides is 3. The standard InChI is InChI=1S/C28H36N4O6/c1-18(2)15-24(25(33)29-8-10-31-11-13-38-14-12-31)30-23(28(36)37)7-9-32-26(34)21-16-19-5-3-4-6-20(19)17-22(21)27(32)35/h3-6,16-18,23-24,30H,7-15H2,1-2H3,(H,29,33)(H,36,37)/t23?,24-/m1/s1. The zero-order valence-electron chi connectivity index (χ0n) is 21.9. The zero-order chi connectivity index (χ0) is 27.2. The van der Waals surface area contributed by atoms with Crippen molar-refractivity contribution in [1.82, 2.24) is 20.4 Å². The van der Waals surface area contributed by atoms with Crippen molar-refractivity contribution in [2.24, 2.45) is 5.92 Å². The number of carbonyl (C=O) groups is 4. The third-order valence-electron chi connectivity index (χ3n) is 7.03. The summed E-state index contributed by atoms with van der Waals surface area (Å²) >= 11 is 0. The number of imide groups is 1. The van der Waals surface area contributed by atoms with Gasteiger partial charge in [-0.1, -0.05) is 38.1 Å². The molecule has 38 heavy (non-hydrogen) atoms. The van der Waals surface area contributed by atoms with Crippen LogP contribution in [0.4, 0.5) is 0 Å². The first-order valence-electron chi connectivity index (χ1n) is 13.2. The highest BCUT2D eigenvalue weighted by Crippen LogP contribution is 2.28. The first-order valence-corrected chi connectivity index (χ1v) is 13.2. The monoisotopic (exact) mass is 524 g/mol. The summed E-state index contributed by atoms with van der Waals surface area (Å²) in [5.74, 6) is -2.11. The van der Waals surface area contributed by atoms with Crippen LogP contribution >= 0.6 is 0 Å². The van der Waals surface area contributed by atoms with Crippen molar-refractivity contribution in [3.8, 4) is 0 Å². The molecule has 0 bridgehead atoms. The highest BCUT2D eigenvalue weighted by molar-refractivity contribution is 6.23. The SMILES string of the molecule is CC(C)C[C@@H](NC(CCN1C(=O)c2cc3ccccc3cc2C1=O)C(=O)O)C(=O)NCCN1CCOCC1. The molecule has 1 unspecified atom stereocenters. The first-order chi connectivity index (χ1) is 18.2. The summed E-state index contributed by atoms with van der Waals surface area (Å²) in [6, 6.07) is 9.07. The molecule has 3 N–H and O–H groups in total. The lowest BCUT2D eigenvalue weighted by Crippen LogP contribution is -2.53. The number of hydrogen-bond donors (Lipinski definition) is 3. The molecule has 4 rings (SSSR count). The number of ether oxygens (including phenoxy) is 1. The van der Waals surface area contributed by atoms with E-state index in [4.69, 9.17) is 4.74 Å². The Balaban J connectivity index is 1.38. The minimum atomic E-state index is -1.14. The van der Waals surface area contributed by atoms with Crippen molar-refractivity contribution in [3.05, 3.63) is 47.5 Å². The second-order valence-electron chi connectivity index (χ2n) is 10.3. The fraction of sp³-hybridized carbons (Fsp3) is 0.500. The molecule has 2 heterocycles. The molecule has 2 aliphatic rings. The van der Waals surface area contributed by atoms with Gasteiger partial charge in [-0.15, -0.1) is 0 Å². The third kappa shape index (κ3) is 6.56. The second-order valence-corrected chi connectivity index (χ2v) is 10.3. The van der Waals surface area contributed by atoms with E-state index in [-0.39, 0.29) is 24.8 Å². The van der Waals surface area contributed by atoms with Gasteiger partial charge in [-0.3, -0.25) is 34.3 Å². The smallest absolute Gasteiger partial charge is 0.320 e. The van der Waals surface area contributed by atoms with E-state index in [1.54, 1.807) is 12.1 Å². The van der Waals surface area contributed by atoms with E-state index in [1.807, 2.05) is 38.1 Å². The fourth-order valence-corrected chi connectivity index (χ4v) is 4.97. The average molecular weight is 525 g/mol. The number of rotatable bonds is 12. The summed E-state index contributed by atoms with van der Waals surface area (Å²) in [6.07, 6.45) is 0.433. The van der Waals surface area contributed by atoms with E-state index in [9.17, 15) is 24.3 Å². The van der Waals surface area contributed by atoms with Gasteiger partial charge in [-0.2, -0.15) is 0 Å². The molecule has 204 valence electrons. The van der Waals surface area contributed by atoms with Gasteiger partial charge in [0.1, 0.15) is 6.04 Å². The molecule has 2 aliphatic heterocycles. The summed E-state index contributed by atoms with van der Waals surface area (Å²) in [6.45, 7) is 8.00. The molecule has 1 fully saturated rings. The van der Waals surface area contributed by atoms with Crippen LogP contribution in [-0.4, -0.2) is 96.6 Å². The van der Waals surface area contributed by atoms with E-state index in [0.717, 1.165) is 28.8 Å². The van der Waals surface area contributed by atoms with Gasteiger partial charge in [-0.05, 0) is 41.7 Å². The zero-order valence-corrected chi connectivity index (χ0v) is 21.9. The Morgan fingerprint density at radius 2 is 1.58 bits per heavy atom. The normalized spacial score (nSPS) is 17.6. The summed E-state index contributed by atoms with van der Waals surface area (Å²) in [5.41, 5.74) is 0.650. The number of carbonyl (C=O) groups excluding carboxylic acids is 3. The number of fused-ring (bicyclic) bond motifs is 2. The number of aliphatic carboxylic acids is 1. The van der Waals surface area contributed by atoms with Gasteiger partial charge in [-0.25, -0.2) is 0 Å². The topological polar surface area (TPSA) is 128 Å². The Morgan fingerprint density at radius 1 is 0.974 bits per heavy atom. The molecule has 0 aromatic heterocycles. The first kappa shape index (κ1) is 27.7. The lowest BCUT2D eigenvalue weighted by Gasteiger charge is -2.28. The van der Waals surface area contributed by atoms with Crippen LogP contribution in [0.25, 0.3) is 10.8 Å². The summed E-state index contributed by atoms with van der Waals surface area (Å²) in [4.78, 5) is 54.4. The quantitative estimate of drug-likeness (QED) is 0.358. The van der Waals surface area contributed by atoms with Crippen LogP contribution in [0.5, 0.6) is 0 Å². The molecule has 0 aliphatic carbocycles. The summed E-state index contributed by atoms with van der Waals surface area (Å²) < 4.78 is 5.34. The van der Waals surface area contributed by atoms with Gasteiger partial charge in [0.05, 0.1) is 30.4 Å². The number of hydrogen-bond acceptors (Lipinski definition) is 7. The largest absolute Gasteiger partial charge is 0.480 e. The van der Waals surface area contributed by atoms with Crippen molar-refractivity contribution in [2.75, 3.05) is 45.9 Å². The molecule has 10 nitrogen and oxygen atoms in total. The van der Waals surface area contributed by atoms with Crippen molar-refractivity contribution in [2.45, 2.75) is 38.8 Å². The fourth-order valence-electron chi connectivity index (χ4n) is 4.97. The molecule has 0 saturated carbocycles. The third-order valence-corrected chi connectivity index (χ3v) is 7.03. The van der Waals surface area contributed by atoms with Gasteiger partial charge in [0.25, 0.3) is 11.8 Å². The van der Waals surface area contributed by atoms with E-state index in [1.165, 1.54) is 0 Å². The van der Waals surface area contributed by atoms with Crippen LogP contribution in [0.15, 0.2) is 36.4 Å². The van der Waals surface area contributed by atoms with Crippen LogP contribution in [0, 0.1) is 5.92 Å². The van der Waals surface area contributed by atoms with Crippen LogP contribution in [0.3, 0.4) is 0 Å². The minimum absolute atomic E-state index is 0.0179. The highest BCUT2D eigenvalue weighted by atomic mass is 16.5. The molecular weight excluding hydrogens is 488 g/mol. The van der Waals surface area contributed by atoms with Gasteiger partial charge < -0.3 is 15.2 Å². The number of benzene rings is 2. The van der Waals surface area contributed by atoms with Crippen LogP contribution in [0.1, 0.15) is 47.4 Å². The number of nitrogens with zero attached hydrogens (tertiary/aromatic N) is 2. The molecule has 2 atom stereocenters. The Morgan fingerprint density at radius 3 is 2.13 bits per heavy atom. The van der Waals surface area contributed by atoms with Crippen LogP contribution < -0.4 is 10.6 Å². The molecular formula is C28H36N4O6. The van der Waals surface area contributed by atoms with Crippen LogP contribution in [0.2, 0.25) is 0 Å². The number of morpholine rings is 1. The summed E-state index contributed by atoms with van der Waals surface area (Å²) in [5, 5.41) is 17.5. The predicted octanol–water partition coefficient (Wildman–Crippen LogP) is 1.73. The van der Waals surface area contributed by atoms with Gasteiger partial charge >= 0.3 is 5.97 Å². The Hall–Kier alpha value is -3.34. The van der Waals surface area contributed by atoms with Crippen molar-refractivity contribution in [3.63, 3.8) is 0 Å². The Bertz CT molecular complexity index is 1140. The van der Waals surface area contributed by atoms with Gasteiger partial charge in [0.2, 0.25) is 5.91 Å². The summed E-state index contributed by atoms with van der Waals surface area (Å²) in [7, 11) is 0. The average Bonchev–Trinajstić information content (AvgIpc) is 3.13. The molecule has 0 radical (unpaired) electrons. The number of carboxylic acid groups (broad SMARTS) is 1. The predicted molar refractivity (Wildman–Crippen MR) is 142 cm³/mol. The lowest BCUT2D eigenvalue weighted by atomic mass is 10.0. The van der Waals surface area contributed by atoms with E-state index >= 15 is 0 Å². The molecule has 0 spiro atoms. The van der Waals surface area contributed by atoms with E-state index in [2.05, 4.69) is 15.5 Å². The van der Waals surface area contributed by atoms with E-state index < -0.39 is 29.9 Å². The maximum absolute atomic E-state index is 13.0. The van der Waals surface area contributed by atoms with Crippen molar-refractivity contribution < 1.29 is 29.0 Å². The molecule has 2 aromatic carbocycles. The maximum atomic E-state index is 13.0. The van der Waals surface area contributed by atoms with Gasteiger partial charge in [0, 0.05) is 32.7 Å². The number of carboxylic acids is 1. The highest BCUT2D eigenvalue weighted by Gasteiger charge is 2.37. The van der Waals surface area contributed by atoms with Crippen LogP contribution in [-0.2, 0) is 14.3 Å². The Labute approximate surface area is 222 Å². The molecule has 3 amide bonds. The van der Waals surface area contributed by atoms with Crippen molar-refractivity contribution in [1.29, 1.82) is 0 Å².